The highest BCUT2D eigenvalue weighted by atomic mass is 19.1. The lowest BCUT2D eigenvalue weighted by Crippen LogP contribution is -2.12. The third-order valence-corrected chi connectivity index (χ3v) is 2.65. The molecule has 0 saturated heterocycles. The van der Waals surface area contributed by atoms with Gasteiger partial charge >= 0.3 is 0 Å². The van der Waals surface area contributed by atoms with Crippen molar-refractivity contribution in [1.82, 2.24) is 5.32 Å². The molecule has 0 heterocycles. The number of ether oxygens (including phenoxy) is 1. The van der Waals surface area contributed by atoms with Gasteiger partial charge in [-0.05, 0) is 36.4 Å². The van der Waals surface area contributed by atoms with Gasteiger partial charge in [0.2, 0.25) is 0 Å². The van der Waals surface area contributed by atoms with Crippen LogP contribution in [0.15, 0.2) is 36.4 Å². The lowest BCUT2D eigenvalue weighted by Gasteiger charge is -2.10. The van der Waals surface area contributed by atoms with Crippen molar-refractivity contribution in [2.75, 3.05) is 6.54 Å². The predicted molar refractivity (Wildman–Crippen MR) is 70.2 cm³/mol. The SMILES string of the molecule is CCNCc1cc(F)c(Oc2cccc(F)c2)c(F)c1. The average Bonchev–Trinajstić information content (AvgIpc) is 2.40. The largest absolute Gasteiger partial charge is 0.451 e. The van der Waals surface area contributed by atoms with Crippen LogP contribution in [0.25, 0.3) is 0 Å². The molecule has 0 saturated carbocycles. The molecule has 2 aromatic rings. The molecule has 0 atom stereocenters. The molecule has 0 aliphatic rings. The van der Waals surface area contributed by atoms with Gasteiger partial charge in [0, 0.05) is 12.6 Å². The van der Waals surface area contributed by atoms with E-state index >= 15 is 0 Å². The Hall–Kier alpha value is -2.01. The van der Waals surface area contributed by atoms with Crippen molar-refractivity contribution < 1.29 is 17.9 Å². The highest BCUT2D eigenvalue weighted by molar-refractivity contribution is 5.36. The second kappa shape index (κ2) is 6.43. The molecule has 106 valence electrons. The van der Waals surface area contributed by atoms with Crippen molar-refractivity contribution in [3.8, 4) is 11.5 Å². The lowest BCUT2D eigenvalue weighted by atomic mass is 10.2. The van der Waals surface area contributed by atoms with E-state index in [1.165, 1.54) is 30.3 Å². The molecule has 0 unspecified atom stereocenters. The molecule has 2 rings (SSSR count). The Bertz CT molecular complexity index is 578. The summed E-state index contributed by atoms with van der Waals surface area (Å²) in [4.78, 5) is 0. The summed E-state index contributed by atoms with van der Waals surface area (Å²) in [5.41, 5.74) is 0.480. The Balaban J connectivity index is 2.24. The zero-order chi connectivity index (χ0) is 14.5. The van der Waals surface area contributed by atoms with E-state index < -0.39 is 23.2 Å². The van der Waals surface area contributed by atoms with Gasteiger partial charge in [-0.2, -0.15) is 0 Å². The number of hydrogen-bond acceptors (Lipinski definition) is 2. The van der Waals surface area contributed by atoms with E-state index in [-0.39, 0.29) is 5.75 Å². The van der Waals surface area contributed by atoms with Gasteiger partial charge in [-0.3, -0.25) is 0 Å². The van der Waals surface area contributed by atoms with Crippen molar-refractivity contribution in [3.63, 3.8) is 0 Å². The first-order chi connectivity index (χ1) is 9.60. The number of halogens is 3. The van der Waals surface area contributed by atoms with Crippen LogP contribution < -0.4 is 10.1 Å². The molecule has 5 heteroatoms. The molecule has 0 spiro atoms. The van der Waals surface area contributed by atoms with E-state index in [1.54, 1.807) is 0 Å². The van der Waals surface area contributed by atoms with Gasteiger partial charge in [0.1, 0.15) is 11.6 Å². The average molecular weight is 281 g/mol. The monoisotopic (exact) mass is 281 g/mol. The van der Waals surface area contributed by atoms with Crippen LogP contribution in [-0.4, -0.2) is 6.54 Å². The van der Waals surface area contributed by atoms with E-state index in [0.29, 0.717) is 18.7 Å². The maximum Gasteiger partial charge on any atom is 0.198 e. The van der Waals surface area contributed by atoms with Gasteiger partial charge in [-0.1, -0.05) is 13.0 Å². The van der Waals surface area contributed by atoms with Crippen LogP contribution in [0.1, 0.15) is 12.5 Å². The van der Waals surface area contributed by atoms with E-state index in [2.05, 4.69) is 5.32 Å². The molecule has 2 aromatic carbocycles. The molecular weight excluding hydrogens is 267 g/mol. The summed E-state index contributed by atoms with van der Waals surface area (Å²) in [6, 6.07) is 7.50. The summed E-state index contributed by atoms with van der Waals surface area (Å²) in [7, 11) is 0. The molecule has 0 aliphatic heterocycles. The molecule has 20 heavy (non-hydrogen) atoms. The Morgan fingerprint density at radius 3 is 2.35 bits per heavy atom. The maximum atomic E-state index is 13.8. The van der Waals surface area contributed by atoms with Crippen molar-refractivity contribution in [2.45, 2.75) is 13.5 Å². The second-order valence-corrected chi connectivity index (χ2v) is 4.23. The third-order valence-electron chi connectivity index (χ3n) is 2.65. The number of hydrogen-bond donors (Lipinski definition) is 1. The van der Waals surface area contributed by atoms with Gasteiger partial charge in [0.05, 0.1) is 0 Å². The first-order valence-electron chi connectivity index (χ1n) is 6.22. The van der Waals surface area contributed by atoms with Gasteiger partial charge in [-0.15, -0.1) is 0 Å². The summed E-state index contributed by atoms with van der Waals surface area (Å²) >= 11 is 0. The van der Waals surface area contributed by atoms with Gasteiger partial charge < -0.3 is 10.1 Å². The molecule has 1 N–H and O–H groups in total. The Morgan fingerprint density at radius 1 is 1.05 bits per heavy atom. The fourth-order valence-corrected chi connectivity index (χ4v) is 1.73. The van der Waals surface area contributed by atoms with Crippen LogP contribution in [0, 0.1) is 17.5 Å². The first kappa shape index (κ1) is 14.4. The molecule has 2 nitrogen and oxygen atoms in total. The summed E-state index contributed by atoms with van der Waals surface area (Å²) in [6.45, 7) is 2.96. The molecule has 0 aliphatic carbocycles. The van der Waals surface area contributed by atoms with Crippen LogP contribution >= 0.6 is 0 Å². The molecule has 0 amide bonds. The smallest absolute Gasteiger partial charge is 0.198 e. The van der Waals surface area contributed by atoms with Gasteiger partial charge in [0.15, 0.2) is 17.4 Å². The van der Waals surface area contributed by atoms with Crippen LogP contribution in [-0.2, 0) is 6.54 Å². The van der Waals surface area contributed by atoms with E-state index in [9.17, 15) is 13.2 Å². The van der Waals surface area contributed by atoms with Crippen LogP contribution in [0.3, 0.4) is 0 Å². The second-order valence-electron chi connectivity index (χ2n) is 4.23. The van der Waals surface area contributed by atoms with E-state index in [1.807, 2.05) is 6.92 Å². The van der Waals surface area contributed by atoms with Crippen molar-refractivity contribution in [1.29, 1.82) is 0 Å². The molecule has 0 bridgehead atoms. The highest BCUT2D eigenvalue weighted by Gasteiger charge is 2.14. The van der Waals surface area contributed by atoms with Crippen molar-refractivity contribution >= 4 is 0 Å². The minimum atomic E-state index is -0.817. The number of rotatable bonds is 5. The number of nitrogens with one attached hydrogen (secondary N) is 1. The predicted octanol–water partition coefficient (Wildman–Crippen LogP) is 4.01. The van der Waals surface area contributed by atoms with E-state index in [0.717, 1.165) is 6.07 Å². The normalized spacial score (nSPS) is 10.6. The van der Waals surface area contributed by atoms with E-state index in [4.69, 9.17) is 4.74 Å². The summed E-state index contributed by atoms with van der Waals surface area (Å²) < 4.78 is 45.7. The van der Waals surface area contributed by atoms with Crippen LogP contribution in [0.2, 0.25) is 0 Å². The lowest BCUT2D eigenvalue weighted by molar-refractivity contribution is 0.404. The van der Waals surface area contributed by atoms with Crippen molar-refractivity contribution in [3.05, 3.63) is 59.4 Å². The Morgan fingerprint density at radius 2 is 1.75 bits per heavy atom. The minimum Gasteiger partial charge on any atom is -0.451 e. The number of benzene rings is 2. The van der Waals surface area contributed by atoms with Gasteiger partial charge in [0.25, 0.3) is 0 Å². The zero-order valence-corrected chi connectivity index (χ0v) is 10.9. The first-order valence-corrected chi connectivity index (χ1v) is 6.22. The Labute approximate surface area is 115 Å². The fraction of sp³-hybridized carbons (Fsp3) is 0.200. The van der Waals surface area contributed by atoms with Crippen molar-refractivity contribution in [2.24, 2.45) is 0 Å². The van der Waals surface area contributed by atoms with Gasteiger partial charge in [-0.25, -0.2) is 13.2 Å². The summed E-state index contributed by atoms with van der Waals surface area (Å²) in [5, 5.41) is 2.97. The standard InChI is InChI=1S/C15H14F3NO/c1-2-19-9-10-6-13(17)15(14(18)7-10)20-12-5-3-4-11(16)8-12/h3-8,19H,2,9H2,1H3. The minimum absolute atomic E-state index is 0.0437. The maximum absolute atomic E-state index is 13.8. The molecule has 0 fully saturated rings. The Kier molecular flexibility index (Phi) is 4.63. The van der Waals surface area contributed by atoms with Crippen LogP contribution in [0.5, 0.6) is 11.5 Å². The summed E-state index contributed by atoms with van der Waals surface area (Å²) in [5.74, 6) is -2.66. The summed E-state index contributed by atoms with van der Waals surface area (Å²) in [6.07, 6.45) is 0. The fourth-order valence-electron chi connectivity index (χ4n) is 1.73. The topological polar surface area (TPSA) is 21.3 Å². The zero-order valence-electron chi connectivity index (χ0n) is 10.9. The van der Waals surface area contributed by atoms with Crippen LogP contribution in [0.4, 0.5) is 13.2 Å². The molecule has 0 radical (unpaired) electrons. The quantitative estimate of drug-likeness (QED) is 0.894. The molecular formula is C15H14F3NO. The third kappa shape index (κ3) is 3.51. The highest BCUT2D eigenvalue weighted by Crippen LogP contribution is 2.28. The molecule has 0 aromatic heterocycles.